The number of nitrogens with one attached hydrogen (secondary N) is 3. The molecule has 0 unspecified atom stereocenters. The van der Waals surface area contributed by atoms with Crippen LogP contribution >= 0.6 is 0 Å². The first-order valence-corrected chi connectivity index (χ1v) is 6.41. The Morgan fingerprint density at radius 1 is 1.53 bits per heavy atom. The molecule has 0 aromatic carbocycles. The number of β-amino-alcohol motifs (C(OH)–C–C–N with tert-alkyl or cyclic N) is 1. The number of rotatable bonds is 3. The predicted molar refractivity (Wildman–Crippen MR) is 71.2 cm³/mol. The Morgan fingerprint density at radius 2 is 2.32 bits per heavy atom. The van der Waals surface area contributed by atoms with Crippen molar-refractivity contribution < 1.29 is 9.90 Å². The lowest BCUT2D eigenvalue weighted by Crippen LogP contribution is -2.52. The van der Waals surface area contributed by atoms with E-state index >= 15 is 0 Å². The van der Waals surface area contributed by atoms with E-state index in [0.717, 1.165) is 13.0 Å². The fourth-order valence-corrected chi connectivity index (χ4v) is 2.26. The second kappa shape index (κ2) is 5.54. The molecule has 1 fully saturated rings. The summed E-state index contributed by atoms with van der Waals surface area (Å²) in [6.45, 7) is 3.27. The second-order valence-electron chi connectivity index (χ2n) is 5.10. The van der Waals surface area contributed by atoms with Gasteiger partial charge in [0, 0.05) is 30.4 Å². The summed E-state index contributed by atoms with van der Waals surface area (Å²) in [7, 11) is 0. The third kappa shape index (κ3) is 3.65. The van der Waals surface area contributed by atoms with Gasteiger partial charge in [0.25, 0.3) is 5.91 Å². The summed E-state index contributed by atoms with van der Waals surface area (Å²) < 4.78 is 0. The molecule has 0 bridgehead atoms. The van der Waals surface area contributed by atoms with Crippen molar-refractivity contribution in [3.63, 3.8) is 0 Å². The maximum atomic E-state index is 11.9. The van der Waals surface area contributed by atoms with Gasteiger partial charge >= 0.3 is 0 Å². The van der Waals surface area contributed by atoms with Crippen LogP contribution in [0.2, 0.25) is 0 Å². The third-order valence-electron chi connectivity index (χ3n) is 3.27. The van der Waals surface area contributed by atoms with Gasteiger partial charge in [-0.15, -0.1) is 0 Å². The Morgan fingerprint density at radius 3 is 2.95 bits per heavy atom. The van der Waals surface area contributed by atoms with Gasteiger partial charge in [0.2, 0.25) is 5.56 Å². The molecule has 2 heterocycles. The van der Waals surface area contributed by atoms with Gasteiger partial charge in [-0.2, -0.15) is 0 Å². The van der Waals surface area contributed by atoms with Crippen LogP contribution in [0.15, 0.2) is 16.9 Å². The third-order valence-corrected chi connectivity index (χ3v) is 3.27. The molecule has 1 aromatic heterocycles. The van der Waals surface area contributed by atoms with E-state index in [0.29, 0.717) is 24.2 Å². The summed E-state index contributed by atoms with van der Waals surface area (Å²) in [4.78, 5) is 25.8. The first-order valence-electron chi connectivity index (χ1n) is 6.41. The Hall–Kier alpha value is -1.66. The molecule has 104 valence electrons. The predicted octanol–water partition coefficient (Wildman–Crippen LogP) is -0.472. The van der Waals surface area contributed by atoms with Gasteiger partial charge < -0.3 is 20.7 Å². The van der Waals surface area contributed by atoms with Crippen LogP contribution in [0.3, 0.4) is 0 Å². The lowest BCUT2D eigenvalue weighted by Gasteiger charge is -2.32. The minimum absolute atomic E-state index is 0.185. The molecule has 1 saturated heterocycles. The van der Waals surface area contributed by atoms with Crippen LogP contribution < -0.4 is 16.2 Å². The first kappa shape index (κ1) is 13.8. The fraction of sp³-hybridized carbons (Fsp3) is 0.538. The summed E-state index contributed by atoms with van der Waals surface area (Å²) >= 11 is 0. The topological polar surface area (TPSA) is 94.2 Å². The summed E-state index contributed by atoms with van der Waals surface area (Å²) in [5.41, 5.74) is -0.253. The summed E-state index contributed by atoms with van der Waals surface area (Å²) in [6, 6.07) is 2.87. The molecule has 1 atom stereocenters. The second-order valence-corrected chi connectivity index (χ2v) is 5.10. The number of pyridine rings is 1. The van der Waals surface area contributed by atoms with Gasteiger partial charge in [0.15, 0.2) is 0 Å². The zero-order valence-electron chi connectivity index (χ0n) is 11.0. The number of aliphatic hydroxyl groups is 1. The van der Waals surface area contributed by atoms with Crippen molar-refractivity contribution in [1.82, 2.24) is 15.6 Å². The summed E-state index contributed by atoms with van der Waals surface area (Å²) in [5, 5.41) is 16.0. The number of hydrogen-bond donors (Lipinski definition) is 4. The number of aromatic amines is 1. The van der Waals surface area contributed by atoms with E-state index in [1.165, 1.54) is 6.07 Å². The number of H-pyrrole nitrogens is 1. The molecule has 1 amide bonds. The van der Waals surface area contributed by atoms with Crippen LogP contribution in [0, 0.1) is 6.92 Å². The molecule has 4 N–H and O–H groups in total. The number of amides is 1. The Kier molecular flexibility index (Phi) is 4.01. The van der Waals surface area contributed by atoms with Crippen LogP contribution in [0.1, 0.15) is 28.9 Å². The van der Waals surface area contributed by atoms with Crippen LogP contribution in [-0.4, -0.2) is 41.2 Å². The van der Waals surface area contributed by atoms with Crippen LogP contribution in [-0.2, 0) is 0 Å². The number of aryl methyl sites for hydroxylation is 1. The molecule has 6 nitrogen and oxygen atoms in total. The first-order chi connectivity index (χ1) is 8.98. The summed E-state index contributed by atoms with van der Waals surface area (Å²) in [6.07, 6.45) is 1.55. The van der Waals surface area contributed by atoms with E-state index in [2.05, 4.69) is 15.6 Å². The lowest BCUT2D eigenvalue weighted by molar-refractivity contribution is 0.0170. The quantitative estimate of drug-likeness (QED) is 0.594. The van der Waals surface area contributed by atoms with Crippen molar-refractivity contribution in [3.8, 4) is 0 Å². The number of carbonyl (C=O) groups is 1. The smallest absolute Gasteiger partial charge is 0.251 e. The SMILES string of the molecule is Cc1cc(C(=O)NC[C@]2(O)CCCNC2)cc(=O)[nH]1. The zero-order valence-corrected chi connectivity index (χ0v) is 11.0. The monoisotopic (exact) mass is 265 g/mol. The van der Waals surface area contributed by atoms with Gasteiger partial charge in [-0.1, -0.05) is 0 Å². The highest BCUT2D eigenvalue weighted by molar-refractivity contribution is 5.94. The fourth-order valence-electron chi connectivity index (χ4n) is 2.26. The van der Waals surface area contributed by atoms with Gasteiger partial charge in [0.05, 0.1) is 5.60 Å². The minimum Gasteiger partial charge on any atom is -0.387 e. The van der Waals surface area contributed by atoms with Crippen LogP contribution in [0.25, 0.3) is 0 Å². The average Bonchev–Trinajstić information content (AvgIpc) is 2.36. The molecule has 1 aromatic rings. The largest absolute Gasteiger partial charge is 0.387 e. The highest BCUT2D eigenvalue weighted by Crippen LogP contribution is 2.14. The number of hydrogen-bond acceptors (Lipinski definition) is 4. The maximum Gasteiger partial charge on any atom is 0.251 e. The van der Waals surface area contributed by atoms with Gasteiger partial charge in [-0.25, -0.2) is 0 Å². The molecule has 0 spiro atoms. The number of aromatic nitrogens is 1. The maximum absolute atomic E-state index is 11.9. The summed E-state index contributed by atoms with van der Waals surface area (Å²) in [5.74, 6) is -0.340. The van der Waals surface area contributed by atoms with E-state index in [-0.39, 0.29) is 18.0 Å². The normalized spacial score (nSPS) is 23.1. The van der Waals surface area contributed by atoms with Crippen molar-refractivity contribution in [2.24, 2.45) is 0 Å². The van der Waals surface area contributed by atoms with Crippen LogP contribution in [0.5, 0.6) is 0 Å². The molecule has 0 aliphatic carbocycles. The van der Waals surface area contributed by atoms with Crippen molar-refractivity contribution in [2.45, 2.75) is 25.4 Å². The number of carbonyl (C=O) groups excluding carboxylic acids is 1. The standard InChI is InChI=1S/C13H19N3O3/c1-9-5-10(6-11(17)16-9)12(18)15-8-13(19)3-2-4-14-7-13/h5-6,14,19H,2-4,7-8H2,1H3,(H,15,18)(H,16,17)/t13-/m0/s1. The number of piperidine rings is 1. The molecule has 0 saturated carbocycles. The highest BCUT2D eigenvalue weighted by Gasteiger charge is 2.29. The average molecular weight is 265 g/mol. The Labute approximate surface area is 111 Å². The Bertz CT molecular complexity index is 518. The van der Waals surface area contributed by atoms with E-state index in [9.17, 15) is 14.7 Å². The zero-order chi connectivity index (χ0) is 13.9. The van der Waals surface area contributed by atoms with E-state index in [4.69, 9.17) is 0 Å². The highest BCUT2D eigenvalue weighted by atomic mass is 16.3. The molecule has 1 aliphatic rings. The van der Waals surface area contributed by atoms with Crippen molar-refractivity contribution >= 4 is 5.91 Å². The van der Waals surface area contributed by atoms with E-state index in [1.807, 2.05) is 0 Å². The van der Waals surface area contributed by atoms with Crippen molar-refractivity contribution in [2.75, 3.05) is 19.6 Å². The van der Waals surface area contributed by atoms with Gasteiger partial charge in [-0.3, -0.25) is 9.59 Å². The molecular formula is C13H19N3O3. The van der Waals surface area contributed by atoms with Gasteiger partial charge in [-0.05, 0) is 32.4 Å². The Balaban J connectivity index is 1.99. The van der Waals surface area contributed by atoms with Crippen LogP contribution in [0.4, 0.5) is 0 Å². The molecule has 1 aliphatic heterocycles. The molecular weight excluding hydrogens is 246 g/mol. The minimum atomic E-state index is -0.899. The van der Waals surface area contributed by atoms with E-state index < -0.39 is 5.60 Å². The van der Waals surface area contributed by atoms with Crippen molar-refractivity contribution in [1.29, 1.82) is 0 Å². The molecule has 2 rings (SSSR count). The molecule has 0 radical (unpaired) electrons. The molecule has 19 heavy (non-hydrogen) atoms. The van der Waals surface area contributed by atoms with Crippen molar-refractivity contribution in [3.05, 3.63) is 33.7 Å². The van der Waals surface area contributed by atoms with E-state index in [1.54, 1.807) is 13.0 Å². The lowest BCUT2D eigenvalue weighted by atomic mass is 9.94. The van der Waals surface area contributed by atoms with Gasteiger partial charge in [0.1, 0.15) is 0 Å². The molecule has 6 heteroatoms.